The van der Waals surface area contributed by atoms with Gasteiger partial charge in [0.1, 0.15) is 5.75 Å². The van der Waals surface area contributed by atoms with Gasteiger partial charge < -0.3 is 10.1 Å². The summed E-state index contributed by atoms with van der Waals surface area (Å²) in [6, 6.07) is 13.1. The first-order valence-corrected chi connectivity index (χ1v) is 9.29. The molecule has 0 saturated heterocycles. The summed E-state index contributed by atoms with van der Waals surface area (Å²) >= 11 is 5.97. The Hall–Kier alpha value is -2.33. The number of carbonyl (C=O) groups excluding carboxylic acids is 2. The maximum atomic E-state index is 12.4. The highest BCUT2D eigenvalue weighted by molar-refractivity contribution is 6.31. The molecule has 2 aromatic carbocycles. The van der Waals surface area contributed by atoms with Gasteiger partial charge in [-0.15, -0.1) is 0 Å². The van der Waals surface area contributed by atoms with Crippen molar-refractivity contribution in [2.75, 3.05) is 6.61 Å². The van der Waals surface area contributed by atoms with Gasteiger partial charge in [0.05, 0.1) is 11.6 Å². The molecule has 0 heterocycles. The molecule has 0 bridgehead atoms. The van der Waals surface area contributed by atoms with Crippen LogP contribution in [0.15, 0.2) is 42.5 Å². The van der Waals surface area contributed by atoms with Crippen molar-refractivity contribution < 1.29 is 14.3 Å². The minimum absolute atomic E-state index is 0.0120. The van der Waals surface area contributed by atoms with Gasteiger partial charge in [-0.25, -0.2) is 0 Å². The van der Waals surface area contributed by atoms with Gasteiger partial charge in [-0.2, -0.15) is 0 Å². The Morgan fingerprint density at radius 1 is 1.23 bits per heavy atom. The van der Waals surface area contributed by atoms with Crippen LogP contribution in [0.5, 0.6) is 5.75 Å². The number of carbonyl (C=O) groups is 2. The van der Waals surface area contributed by atoms with E-state index in [4.69, 9.17) is 16.3 Å². The average molecular weight is 372 g/mol. The normalized spacial score (nSPS) is 15.8. The molecular weight excluding hydrogens is 350 g/mol. The maximum Gasteiger partial charge on any atom is 0.258 e. The Morgan fingerprint density at radius 3 is 2.85 bits per heavy atom. The second kappa shape index (κ2) is 8.37. The lowest BCUT2D eigenvalue weighted by molar-refractivity contribution is -0.124. The fraction of sp³-hybridized carbons (Fsp3) is 0.333. The maximum absolute atomic E-state index is 12.4. The van der Waals surface area contributed by atoms with Crippen molar-refractivity contribution in [2.24, 2.45) is 0 Å². The van der Waals surface area contributed by atoms with E-state index in [1.807, 2.05) is 12.1 Å². The zero-order valence-corrected chi connectivity index (χ0v) is 15.5. The van der Waals surface area contributed by atoms with Crippen molar-refractivity contribution in [2.45, 2.75) is 38.6 Å². The second-order valence-electron chi connectivity index (χ2n) is 6.42. The molecule has 26 heavy (non-hydrogen) atoms. The van der Waals surface area contributed by atoms with Crippen molar-refractivity contribution in [3.8, 4) is 5.75 Å². The molecule has 0 unspecified atom stereocenters. The van der Waals surface area contributed by atoms with E-state index in [1.54, 1.807) is 25.1 Å². The summed E-state index contributed by atoms with van der Waals surface area (Å²) in [5, 5.41) is 3.51. The van der Waals surface area contributed by atoms with Crippen LogP contribution in [0.2, 0.25) is 5.02 Å². The molecule has 0 aromatic heterocycles. The number of aryl methyl sites for hydroxylation is 1. The van der Waals surface area contributed by atoms with E-state index < -0.39 is 0 Å². The number of hydrogen-bond donors (Lipinski definition) is 1. The molecule has 5 heteroatoms. The van der Waals surface area contributed by atoms with Crippen LogP contribution in [-0.2, 0) is 11.2 Å². The van der Waals surface area contributed by atoms with Crippen molar-refractivity contribution in [3.63, 3.8) is 0 Å². The van der Waals surface area contributed by atoms with Gasteiger partial charge in [0.15, 0.2) is 12.4 Å². The Bertz CT molecular complexity index is 819. The molecule has 0 saturated carbocycles. The summed E-state index contributed by atoms with van der Waals surface area (Å²) in [6.07, 6.45) is 3.37. The summed E-state index contributed by atoms with van der Waals surface area (Å²) in [5.74, 6) is 0.126. The highest BCUT2D eigenvalue weighted by atomic mass is 35.5. The minimum Gasteiger partial charge on any atom is -0.483 e. The first kappa shape index (κ1) is 18.5. The third-order valence-corrected chi connectivity index (χ3v) is 4.86. The number of rotatable bonds is 6. The van der Waals surface area contributed by atoms with Crippen LogP contribution in [0.25, 0.3) is 0 Å². The molecule has 1 amide bonds. The van der Waals surface area contributed by atoms with E-state index >= 15 is 0 Å². The van der Waals surface area contributed by atoms with E-state index in [2.05, 4.69) is 17.4 Å². The molecule has 1 aliphatic carbocycles. The van der Waals surface area contributed by atoms with E-state index in [9.17, 15) is 9.59 Å². The average Bonchev–Trinajstić information content (AvgIpc) is 2.66. The second-order valence-corrected chi connectivity index (χ2v) is 6.85. The van der Waals surface area contributed by atoms with Gasteiger partial charge in [-0.05, 0) is 48.6 Å². The number of benzene rings is 2. The lowest BCUT2D eigenvalue weighted by Gasteiger charge is -2.26. The summed E-state index contributed by atoms with van der Waals surface area (Å²) in [7, 11) is 0. The number of nitrogens with one attached hydrogen (secondary N) is 1. The van der Waals surface area contributed by atoms with E-state index in [-0.39, 0.29) is 24.3 Å². The van der Waals surface area contributed by atoms with Crippen LogP contribution in [0.1, 0.15) is 53.7 Å². The molecule has 0 spiro atoms. The minimum atomic E-state index is -0.198. The van der Waals surface area contributed by atoms with E-state index in [1.165, 1.54) is 11.1 Å². The largest absolute Gasteiger partial charge is 0.483 e. The van der Waals surface area contributed by atoms with Gasteiger partial charge >= 0.3 is 0 Å². The van der Waals surface area contributed by atoms with Gasteiger partial charge in [-0.3, -0.25) is 9.59 Å². The van der Waals surface area contributed by atoms with Crippen LogP contribution in [0.4, 0.5) is 0 Å². The van der Waals surface area contributed by atoms with E-state index in [0.717, 1.165) is 19.3 Å². The summed E-state index contributed by atoms with van der Waals surface area (Å²) in [5.41, 5.74) is 2.88. The van der Waals surface area contributed by atoms with Crippen LogP contribution < -0.4 is 10.1 Å². The molecular formula is C21H22ClNO3. The first-order valence-electron chi connectivity index (χ1n) is 8.91. The quantitative estimate of drug-likeness (QED) is 0.760. The summed E-state index contributed by atoms with van der Waals surface area (Å²) < 4.78 is 5.61. The predicted octanol–water partition coefficient (Wildman–Crippen LogP) is 4.51. The van der Waals surface area contributed by atoms with Crippen molar-refractivity contribution in [1.29, 1.82) is 0 Å². The lowest BCUT2D eigenvalue weighted by Crippen LogP contribution is -2.34. The van der Waals surface area contributed by atoms with Gasteiger partial charge in [0, 0.05) is 11.4 Å². The first-order chi connectivity index (χ1) is 12.6. The molecule has 0 fully saturated rings. The standard InChI is InChI=1S/C21H22ClNO3/c1-2-19(24)17-12-15(22)10-11-20(17)26-13-21(25)23-18-9-5-7-14-6-3-4-8-16(14)18/h3-4,6,8,10-12,18H,2,5,7,9,13H2,1H3,(H,23,25)/t18-/m1/s1. The third-order valence-electron chi connectivity index (χ3n) is 4.63. The Morgan fingerprint density at radius 2 is 2.04 bits per heavy atom. The number of fused-ring (bicyclic) bond motifs is 1. The van der Waals surface area contributed by atoms with Crippen LogP contribution in [-0.4, -0.2) is 18.3 Å². The molecule has 3 rings (SSSR count). The summed E-state index contributed by atoms with van der Waals surface area (Å²) in [4.78, 5) is 24.4. The molecule has 136 valence electrons. The van der Waals surface area contributed by atoms with Crippen molar-refractivity contribution in [1.82, 2.24) is 5.32 Å². The number of ether oxygens (including phenoxy) is 1. The van der Waals surface area contributed by atoms with E-state index in [0.29, 0.717) is 22.8 Å². The zero-order chi connectivity index (χ0) is 18.5. The highest BCUT2D eigenvalue weighted by Gasteiger charge is 2.21. The number of amides is 1. The Kier molecular flexibility index (Phi) is 5.94. The lowest BCUT2D eigenvalue weighted by atomic mass is 9.88. The number of ketones is 1. The molecule has 1 atom stereocenters. The molecule has 4 nitrogen and oxygen atoms in total. The summed E-state index contributed by atoms with van der Waals surface area (Å²) in [6.45, 7) is 1.64. The number of Topliss-reactive ketones (excluding diaryl/α,β-unsaturated/α-hetero) is 1. The third kappa shape index (κ3) is 4.25. The van der Waals surface area contributed by atoms with Crippen LogP contribution >= 0.6 is 11.6 Å². The SMILES string of the molecule is CCC(=O)c1cc(Cl)ccc1OCC(=O)N[C@@H]1CCCc2ccccc21. The van der Waals surface area contributed by atoms with Crippen LogP contribution in [0.3, 0.4) is 0 Å². The van der Waals surface area contributed by atoms with Gasteiger partial charge in [-0.1, -0.05) is 42.8 Å². The fourth-order valence-corrected chi connectivity index (χ4v) is 3.49. The molecule has 0 aliphatic heterocycles. The number of hydrogen-bond acceptors (Lipinski definition) is 3. The molecule has 1 N–H and O–H groups in total. The van der Waals surface area contributed by atoms with Crippen molar-refractivity contribution >= 4 is 23.3 Å². The van der Waals surface area contributed by atoms with Crippen molar-refractivity contribution in [3.05, 3.63) is 64.2 Å². The monoisotopic (exact) mass is 371 g/mol. The smallest absolute Gasteiger partial charge is 0.258 e. The predicted molar refractivity (Wildman–Crippen MR) is 102 cm³/mol. The van der Waals surface area contributed by atoms with Gasteiger partial charge in [0.2, 0.25) is 0 Å². The zero-order valence-electron chi connectivity index (χ0n) is 14.8. The Balaban J connectivity index is 1.65. The molecule has 2 aromatic rings. The molecule has 0 radical (unpaired) electrons. The van der Waals surface area contributed by atoms with Crippen LogP contribution in [0, 0.1) is 0 Å². The highest BCUT2D eigenvalue weighted by Crippen LogP contribution is 2.29. The number of halogens is 1. The molecule has 1 aliphatic rings. The van der Waals surface area contributed by atoms with Gasteiger partial charge in [0.25, 0.3) is 5.91 Å². The topological polar surface area (TPSA) is 55.4 Å². The fourth-order valence-electron chi connectivity index (χ4n) is 3.32. The Labute approximate surface area is 158 Å².